The molecule has 0 unspecified atom stereocenters. The molecular weight excluding hydrogens is 454 g/mol. The lowest BCUT2D eigenvalue weighted by Gasteiger charge is -2.19. The molecule has 182 valence electrons. The number of nitrogens with zero attached hydrogens (tertiary/aromatic N) is 4. The monoisotopic (exact) mass is 479 g/mol. The summed E-state index contributed by atoms with van der Waals surface area (Å²) in [5.74, 6) is -2.24. The third-order valence-electron chi connectivity index (χ3n) is 5.35. The van der Waals surface area contributed by atoms with Crippen molar-refractivity contribution in [2.45, 2.75) is 32.6 Å². The van der Waals surface area contributed by atoms with Gasteiger partial charge in [-0.25, -0.2) is 10.2 Å². The van der Waals surface area contributed by atoms with Gasteiger partial charge in [-0.05, 0) is 23.1 Å². The van der Waals surface area contributed by atoms with Crippen LogP contribution >= 0.6 is 0 Å². The highest BCUT2D eigenvalue weighted by molar-refractivity contribution is 5.98. The summed E-state index contributed by atoms with van der Waals surface area (Å²) < 4.78 is 1.56. The van der Waals surface area contributed by atoms with Gasteiger partial charge >= 0.3 is 5.97 Å². The average molecular weight is 479 g/mol. The number of rotatable bonds is 7. The summed E-state index contributed by atoms with van der Waals surface area (Å²) in [5, 5.41) is 38.9. The Morgan fingerprint density at radius 1 is 1.20 bits per heavy atom. The van der Waals surface area contributed by atoms with Gasteiger partial charge < -0.3 is 10.2 Å². The number of nitrogens with one attached hydrogen (secondary N) is 1. The molecule has 0 saturated carbocycles. The molecule has 3 N–H and O–H groups in total. The first kappa shape index (κ1) is 25.1. The van der Waals surface area contributed by atoms with Crippen molar-refractivity contribution in [1.82, 2.24) is 15.2 Å². The van der Waals surface area contributed by atoms with Crippen LogP contribution in [-0.4, -0.2) is 43.0 Å². The second-order valence-corrected chi connectivity index (χ2v) is 8.85. The minimum atomic E-state index is -1.47. The van der Waals surface area contributed by atoms with E-state index in [0.29, 0.717) is 11.4 Å². The van der Waals surface area contributed by atoms with Gasteiger partial charge in [-0.2, -0.15) is 10.2 Å². The Kier molecular flexibility index (Phi) is 6.99. The van der Waals surface area contributed by atoms with Crippen LogP contribution in [0.1, 0.15) is 52.7 Å². The van der Waals surface area contributed by atoms with Crippen LogP contribution in [0.4, 0.5) is 5.69 Å². The van der Waals surface area contributed by atoms with E-state index in [4.69, 9.17) is 5.11 Å². The smallest absolute Gasteiger partial charge is 0.342 e. The fourth-order valence-electron chi connectivity index (χ4n) is 3.46. The molecule has 11 nitrogen and oxygen atoms in total. The molecule has 3 aromatic rings. The first-order valence-corrected chi connectivity index (χ1v) is 10.6. The van der Waals surface area contributed by atoms with E-state index >= 15 is 0 Å². The topological polar surface area (TPSA) is 160 Å². The van der Waals surface area contributed by atoms with E-state index in [9.17, 15) is 24.8 Å². The van der Waals surface area contributed by atoms with Crippen LogP contribution in [0, 0.1) is 10.1 Å². The van der Waals surface area contributed by atoms with E-state index in [2.05, 4.69) is 36.4 Å². The maximum Gasteiger partial charge on any atom is 0.342 e. The van der Waals surface area contributed by atoms with Crippen molar-refractivity contribution in [1.29, 1.82) is 0 Å². The average Bonchev–Trinajstić information content (AvgIpc) is 3.08. The normalized spacial score (nSPS) is 11.5. The molecule has 3 rings (SSSR count). The first-order valence-electron chi connectivity index (χ1n) is 10.6. The Labute approximate surface area is 200 Å². The fraction of sp³-hybridized carbons (Fsp3) is 0.250. The second-order valence-electron chi connectivity index (χ2n) is 8.85. The van der Waals surface area contributed by atoms with Crippen LogP contribution in [0.2, 0.25) is 0 Å². The van der Waals surface area contributed by atoms with E-state index in [1.807, 2.05) is 24.3 Å². The SMILES string of the molecule is Cn1nc(CC=NNC(=O)c2ccc(C(=O)O)c([N+](=O)[O-])c2)c(O)c1-c1ccc(C(C)(C)C)cc1. The maximum atomic E-state index is 12.3. The third-order valence-corrected chi connectivity index (χ3v) is 5.35. The van der Waals surface area contributed by atoms with Gasteiger partial charge in [-0.1, -0.05) is 45.0 Å². The largest absolute Gasteiger partial charge is 0.504 e. The number of hydrogen-bond donors (Lipinski definition) is 3. The minimum Gasteiger partial charge on any atom is -0.504 e. The summed E-state index contributed by atoms with van der Waals surface area (Å²) >= 11 is 0. The molecule has 0 aliphatic heterocycles. The van der Waals surface area contributed by atoms with E-state index < -0.39 is 28.1 Å². The lowest BCUT2D eigenvalue weighted by Crippen LogP contribution is -2.18. The third kappa shape index (κ3) is 5.52. The van der Waals surface area contributed by atoms with Crippen LogP contribution in [0.25, 0.3) is 11.3 Å². The summed E-state index contributed by atoms with van der Waals surface area (Å²) in [4.78, 5) is 33.6. The summed E-state index contributed by atoms with van der Waals surface area (Å²) in [6.45, 7) is 6.35. The van der Waals surface area contributed by atoms with Gasteiger partial charge in [0, 0.05) is 36.9 Å². The van der Waals surface area contributed by atoms with Crippen molar-refractivity contribution < 1.29 is 24.7 Å². The van der Waals surface area contributed by atoms with Gasteiger partial charge in [0.15, 0.2) is 5.75 Å². The number of nitro groups is 1. The number of benzene rings is 2. The quantitative estimate of drug-likeness (QED) is 0.265. The number of nitro benzene ring substituents is 1. The Morgan fingerprint density at radius 2 is 1.86 bits per heavy atom. The molecule has 1 heterocycles. The van der Waals surface area contributed by atoms with Crippen LogP contribution in [-0.2, 0) is 18.9 Å². The number of aromatic carboxylic acids is 1. The molecule has 0 aliphatic carbocycles. The molecular formula is C24H25N5O6. The van der Waals surface area contributed by atoms with Crippen molar-refractivity contribution in [2.24, 2.45) is 12.1 Å². The molecule has 0 spiro atoms. The van der Waals surface area contributed by atoms with Crippen molar-refractivity contribution in [2.75, 3.05) is 0 Å². The summed E-state index contributed by atoms with van der Waals surface area (Å²) in [6, 6.07) is 10.9. The number of aromatic hydroxyl groups is 1. The first-order chi connectivity index (χ1) is 16.4. The number of carboxylic acid groups (broad SMARTS) is 1. The van der Waals surface area contributed by atoms with Crippen LogP contribution in [0.5, 0.6) is 5.75 Å². The molecule has 1 aromatic heterocycles. The number of hydrazone groups is 1. The van der Waals surface area contributed by atoms with Crippen molar-refractivity contribution in [3.8, 4) is 17.0 Å². The molecule has 11 heteroatoms. The molecule has 1 amide bonds. The van der Waals surface area contributed by atoms with Gasteiger partial charge in [0.1, 0.15) is 17.0 Å². The number of carbonyl (C=O) groups excluding carboxylic acids is 1. The molecule has 0 radical (unpaired) electrons. The van der Waals surface area contributed by atoms with E-state index in [1.54, 1.807) is 11.7 Å². The predicted molar refractivity (Wildman–Crippen MR) is 129 cm³/mol. The maximum absolute atomic E-state index is 12.3. The Morgan fingerprint density at radius 3 is 2.43 bits per heavy atom. The number of carbonyl (C=O) groups is 2. The lowest BCUT2D eigenvalue weighted by molar-refractivity contribution is -0.385. The summed E-state index contributed by atoms with van der Waals surface area (Å²) in [7, 11) is 1.71. The molecule has 35 heavy (non-hydrogen) atoms. The van der Waals surface area contributed by atoms with Gasteiger partial charge in [-0.3, -0.25) is 19.6 Å². The number of hydrogen-bond acceptors (Lipinski definition) is 7. The molecule has 0 bridgehead atoms. The second kappa shape index (κ2) is 9.75. The highest BCUT2D eigenvalue weighted by atomic mass is 16.6. The fourth-order valence-corrected chi connectivity index (χ4v) is 3.46. The highest BCUT2D eigenvalue weighted by Gasteiger charge is 2.22. The Balaban J connectivity index is 1.71. The summed E-state index contributed by atoms with van der Waals surface area (Å²) in [6.07, 6.45) is 1.44. The predicted octanol–water partition coefficient (Wildman–Crippen LogP) is 3.65. The number of aromatic nitrogens is 2. The molecule has 0 fully saturated rings. The molecule has 2 aromatic carbocycles. The molecule has 0 saturated heterocycles. The van der Waals surface area contributed by atoms with E-state index in [0.717, 1.165) is 29.3 Å². The summed E-state index contributed by atoms with van der Waals surface area (Å²) in [5.41, 5.74) is 3.73. The van der Waals surface area contributed by atoms with E-state index in [-0.39, 0.29) is 23.1 Å². The number of carboxylic acids is 1. The van der Waals surface area contributed by atoms with Gasteiger partial charge in [0.05, 0.1) is 4.92 Å². The standard InChI is InChI=1S/C24H25N5O6/c1-24(2,3)16-8-5-14(6-9-16)20-21(30)18(27-28(20)4)11-12-25-26-22(31)15-7-10-17(23(32)33)19(13-15)29(34)35/h5-10,12-13,30H,11H2,1-4H3,(H,26,31)(H,32,33). The van der Waals surface area contributed by atoms with Gasteiger partial charge in [0.25, 0.3) is 11.6 Å². The van der Waals surface area contributed by atoms with Crippen molar-refractivity contribution >= 4 is 23.8 Å². The lowest BCUT2D eigenvalue weighted by atomic mass is 9.86. The van der Waals surface area contributed by atoms with Crippen molar-refractivity contribution in [3.05, 3.63) is 75.0 Å². The van der Waals surface area contributed by atoms with Gasteiger partial charge in [-0.15, -0.1) is 0 Å². The number of aryl methyl sites for hydroxylation is 1. The Hall–Kier alpha value is -4.54. The van der Waals surface area contributed by atoms with Crippen LogP contribution in [0.15, 0.2) is 47.6 Å². The zero-order valence-corrected chi connectivity index (χ0v) is 19.6. The number of amides is 1. The van der Waals surface area contributed by atoms with Crippen molar-refractivity contribution in [3.63, 3.8) is 0 Å². The van der Waals surface area contributed by atoms with Crippen LogP contribution in [0.3, 0.4) is 0 Å². The Bertz CT molecular complexity index is 1320. The van der Waals surface area contributed by atoms with Crippen LogP contribution < -0.4 is 5.43 Å². The zero-order valence-electron chi connectivity index (χ0n) is 19.6. The van der Waals surface area contributed by atoms with Gasteiger partial charge in [0.2, 0.25) is 0 Å². The molecule has 0 aliphatic rings. The molecule has 0 atom stereocenters. The minimum absolute atomic E-state index is 0.00229. The van der Waals surface area contributed by atoms with E-state index in [1.165, 1.54) is 6.21 Å². The highest BCUT2D eigenvalue weighted by Crippen LogP contribution is 2.33. The zero-order chi connectivity index (χ0) is 25.9.